The molecule has 29 nitrogen and oxygen atoms in total. The molecule has 3 heterocycles. The van der Waals surface area contributed by atoms with E-state index in [0.29, 0.717) is 28.8 Å². The van der Waals surface area contributed by atoms with Crippen LogP contribution in [-0.2, 0) is 83.2 Å². The Balaban J connectivity index is 1.24. The number of carbonyl (C=O) groups is 12. The van der Waals surface area contributed by atoms with E-state index < -0.39 is 162 Å². The Hall–Kier alpha value is -9.49. The van der Waals surface area contributed by atoms with Crippen LogP contribution in [-0.4, -0.2) is 179 Å². The molecule has 0 bridgehead atoms. The lowest BCUT2D eigenvalue weighted by Crippen LogP contribution is -2.62. The molecular weight excluding hydrogens is 1320 g/mol. The minimum atomic E-state index is -1.87. The van der Waals surface area contributed by atoms with E-state index in [1.807, 2.05) is 18.2 Å². The van der Waals surface area contributed by atoms with Crippen molar-refractivity contribution in [1.82, 2.24) is 68.1 Å². The van der Waals surface area contributed by atoms with Gasteiger partial charge in [0.1, 0.15) is 66.2 Å². The first-order valence-electron chi connectivity index (χ1n) is 32.9. The molecule has 6 rings (SSSR count). The van der Waals surface area contributed by atoms with Crippen LogP contribution < -0.4 is 58.9 Å². The number of fused-ring (bicyclic) bond motifs is 1. The van der Waals surface area contributed by atoms with Crippen molar-refractivity contribution in [2.75, 3.05) is 11.5 Å². The van der Waals surface area contributed by atoms with Gasteiger partial charge in [0.2, 0.25) is 59.1 Å². The van der Waals surface area contributed by atoms with Crippen molar-refractivity contribution >= 4 is 104 Å². The highest BCUT2D eigenvalue weighted by Gasteiger charge is 2.39. The number of phenolic OH excluding ortho intramolecular Hbond substituents is 1. The normalized spacial score (nSPS) is 19.7. The van der Waals surface area contributed by atoms with Crippen LogP contribution in [0.2, 0.25) is 0 Å². The van der Waals surface area contributed by atoms with Crippen LogP contribution in [0.15, 0.2) is 97.6 Å². The van der Waals surface area contributed by atoms with Gasteiger partial charge in [0, 0.05) is 66.2 Å². The molecule has 0 radical (unpaired) electrons. The standard InChI is InChI=1S/C68H92N14O15S2/c1-9-37(7)56(66(94)78-52(68(96)97)27-41-30-71-46-19-15-14-18-44(41)46)82-67(95)57(38(8)10-2)81-63(91)51(29-54(84)85)76-59(87)47(24-35(3)4)73-62(90)50(28-42-31-70-34-72-42)75-64(92)53-33-99-98-32-45(69)58(86)80-55(36(5)6)65(93)77-49(26-40-20-22-43(83)23-21-40)60(88)74-48(61(89)79-53)25-39-16-12-11-13-17-39/h11-23,30-31,34-38,45,47-53,55-57,71,83H,9-10,24-29,32-33,69H2,1-8H3,(H,70,72)(H,73,90)(H,74,88)(H,75,92)(H,76,87)(H,77,93)(H,78,94)(H,79,89)(H,80,86)(H,81,91)(H,82,95)(H,84,85)(H,96,97)/t37-,38-,45-,47-,48-,49?,50-,51-,52-,53?,55-,56-,57-/m0/s1. The molecule has 1 fully saturated rings. The molecule has 10 amide bonds. The highest BCUT2D eigenvalue weighted by Crippen LogP contribution is 2.25. The first-order chi connectivity index (χ1) is 47.0. The first-order valence-corrected chi connectivity index (χ1v) is 35.4. The van der Waals surface area contributed by atoms with Crippen LogP contribution in [0.3, 0.4) is 0 Å². The van der Waals surface area contributed by atoms with Gasteiger partial charge in [-0.05, 0) is 65.0 Å². The topological polar surface area (TPSA) is 456 Å². The zero-order valence-corrected chi connectivity index (χ0v) is 58.2. The van der Waals surface area contributed by atoms with Gasteiger partial charge < -0.3 is 84.2 Å². The molecule has 3 aromatic carbocycles. The van der Waals surface area contributed by atoms with Crippen molar-refractivity contribution in [3.63, 3.8) is 0 Å². The Morgan fingerprint density at radius 2 is 1.13 bits per heavy atom. The highest BCUT2D eigenvalue weighted by molar-refractivity contribution is 8.76. The molecule has 1 aliphatic rings. The first kappa shape index (κ1) is 78.5. The van der Waals surface area contributed by atoms with Crippen molar-refractivity contribution in [2.45, 2.75) is 173 Å². The minimum absolute atomic E-state index is 0.0520. The Labute approximate surface area is 581 Å². The third-order valence-corrected chi connectivity index (χ3v) is 19.4. The smallest absolute Gasteiger partial charge is 0.326 e. The molecule has 99 heavy (non-hydrogen) atoms. The molecular formula is C68H92N14O15S2. The lowest BCUT2D eigenvalue weighted by molar-refractivity contribution is -0.142. The SMILES string of the molecule is CC[C@H](C)[C@H](NC(=O)[C@H](CC(=O)O)NC(=O)[C@H](CC(C)C)NC(=O)[C@H](Cc1cnc[nH]1)NC(=O)C1CSSC[C@H](N)C(=O)N[C@@H](C(C)C)C(=O)NC(Cc2ccc(O)cc2)C(=O)N[C@@H](Cc2ccccc2)C(=O)N1)C(=O)N[C@H](C(=O)N[C@@H](Cc1c[nH]c2ccccc12)C(=O)O)[C@@H](C)CC. The maximum Gasteiger partial charge on any atom is 0.326 e. The summed E-state index contributed by atoms with van der Waals surface area (Å²) in [5.41, 5.74) is 9.17. The number of para-hydroxylation sites is 1. The van der Waals surface area contributed by atoms with Crippen LogP contribution in [0.25, 0.3) is 10.9 Å². The number of nitrogens with two attached hydrogens (primary N) is 1. The third kappa shape index (κ3) is 23.9. The number of rotatable bonds is 30. The lowest BCUT2D eigenvalue weighted by atomic mass is 9.94. The number of benzene rings is 3. The number of imidazole rings is 1. The fourth-order valence-electron chi connectivity index (χ4n) is 10.8. The van der Waals surface area contributed by atoms with Gasteiger partial charge in [0.05, 0.1) is 18.8 Å². The summed E-state index contributed by atoms with van der Waals surface area (Å²) in [4.78, 5) is 179. The predicted molar refractivity (Wildman–Crippen MR) is 372 cm³/mol. The quantitative estimate of drug-likeness (QED) is 0.0291. The molecule has 31 heteroatoms. The van der Waals surface area contributed by atoms with Crippen LogP contribution in [0.4, 0.5) is 0 Å². The summed E-state index contributed by atoms with van der Waals surface area (Å²) in [5.74, 6) is -14.0. The largest absolute Gasteiger partial charge is 0.508 e. The van der Waals surface area contributed by atoms with Crippen LogP contribution in [0, 0.1) is 23.7 Å². The van der Waals surface area contributed by atoms with E-state index in [2.05, 4.69) is 68.1 Å². The number of phenols is 1. The molecule has 13 atom stereocenters. The summed E-state index contributed by atoms with van der Waals surface area (Å²) < 4.78 is 0. The van der Waals surface area contributed by atoms with E-state index in [4.69, 9.17) is 5.73 Å². The van der Waals surface area contributed by atoms with E-state index in [-0.39, 0.29) is 61.7 Å². The van der Waals surface area contributed by atoms with Gasteiger partial charge in [0.25, 0.3) is 0 Å². The summed E-state index contributed by atoms with van der Waals surface area (Å²) >= 11 is 0. The number of hydrogen-bond acceptors (Lipinski definition) is 17. The second-order valence-electron chi connectivity index (χ2n) is 25.5. The average Bonchev–Trinajstić information content (AvgIpc) is 1.78. The second kappa shape index (κ2) is 38.0. The number of H-pyrrole nitrogens is 2. The molecule has 17 N–H and O–H groups in total. The summed E-state index contributed by atoms with van der Waals surface area (Å²) in [6, 6.07) is 6.02. The molecule has 5 aromatic rings. The monoisotopic (exact) mass is 1410 g/mol. The molecule has 1 saturated heterocycles. The Morgan fingerprint density at radius 3 is 1.73 bits per heavy atom. The zero-order chi connectivity index (χ0) is 72.6. The average molecular weight is 1410 g/mol. The van der Waals surface area contributed by atoms with Gasteiger partial charge in [-0.1, -0.05) is 150 Å². The second-order valence-corrected chi connectivity index (χ2v) is 28.1. The molecule has 0 aliphatic carbocycles. The highest BCUT2D eigenvalue weighted by atomic mass is 33.1. The minimum Gasteiger partial charge on any atom is -0.508 e. The Kier molecular flexibility index (Phi) is 30.2. The van der Waals surface area contributed by atoms with Gasteiger partial charge in [-0.25, -0.2) is 9.78 Å². The van der Waals surface area contributed by atoms with Crippen LogP contribution in [0.5, 0.6) is 5.75 Å². The van der Waals surface area contributed by atoms with Crippen molar-refractivity contribution < 1.29 is 72.9 Å². The number of nitrogens with one attached hydrogen (secondary N) is 12. The number of aromatic hydroxyl groups is 1. The fourth-order valence-corrected chi connectivity index (χ4v) is 13.1. The molecule has 536 valence electrons. The summed E-state index contributed by atoms with van der Waals surface area (Å²) in [6.07, 6.45) is 3.23. The summed E-state index contributed by atoms with van der Waals surface area (Å²) in [5, 5.41) is 57.8. The molecule has 2 aromatic heterocycles. The van der Waals surface area contributed by atoms with Gasteiger partial charge in [-0.2, -0.15) is 0 Å². The number of hydrogen-bond donors (Lipinski definition) is 16. The zero-order valence-electron chi connectivity index (χ0n) is 56.6. The summed E-state index contributed by atoms with van der Waals surface area (Å²) in [6.45, 7) is 13.6. The van der Waals surface area contributed by atoms with Crippen LogP contribution >= 0.6 is 21.6 Å². The predicted octanol–water partition coefficient (Wildman–Crippen LogP) is 1.79. The van der Waals surface area contributed by atoms with Gasteiger partial charge in [0.15, 0.2) is 0 Å². The van der Waals surface area contributed by atoms with Gasteiger partial charge in [-0.15, -0.1) is 0 Å². The number of aliphatic carboxylic acids is 2. The Bertz CT molecular complexity index is 3600. The van der Waals surface area contributed by atoms with Crippen molar-refractivity contribution in [2.24, 2.45) is 29.4 Å². The number of carboxylic acids is 2. The van der Waals surface area contributed by atoms with Crippen molar-refractivity contribution in [1.29, 1.82) is 0 Å². The van der Waals surface area contributed by atoms with Crippen LogP contribution in [0.1, 0.15) is 103 Å². The van der Waals surface area contributed by atoms with Gasteiger partial charge >= 0.3 is 11.9 Å². The maximum atomic E-state index is 14.9. The van der Waals surface area contributed by atoms with E-state index in [0.717, 1.165) is 32.5 Å². The number of aromatic amines is 2. The van der Waals surface area contributed by atoms with Gasteiger partial charge in [-0.3, -0.25) is 52.7 Å². The fraction of sp³-hybridized carbons (Fsp3) is 0.485. The summed E-state index contributed by atoms with van der Waals surface area (Å²) in [7, 11) is 2.11. The van der Waals surface area contributed by atoms with Crippen molar-refractivity contribution in [3.8, 4) is 5.75 Å². The number of amides is 10. The van der Waals surface area contributed by atoms with E-state index in [1.165, 1.54) is 24.7 Å². The number of aromatic nitrogens is 3. The number of carboxylic acid groups (broad SMARTS) is 2. The third-order valence-electron chi connectivity index (χ3n) is 17.0. The molecule has 1 aliphatic heterocycles. The molecule has 0 saturated carbocycles. The number of carbonyl (C=O) groups excluding carboxylic acids is 10. The van der Waals surface area contributed by atoms with E-state index in [9.17, 15) is 72.9 Å². The lowest BCUT2D eigenvalue weighted by Gasteiger charge is -2.31. The molecule has 0 spiro atoms. The molecule has 2 unspecified atom stereocenters. The maximum absolute atomic E-state index is 14.9. The van der Waals surface area contributed by atoms with E-state index >= 15 is 0 Å². The Morgan fingerprint density at radius 1 is 0.586 bits per heavy atom. The van der Waals surface area contributed by atoms with E-state index in [1.54, 1.807) is 110 Å². The van der Waals surface area contributed by atoms with Crippen molar-refractivity contribution in [3.05, 3.63) is 120 Å². The number of nitrogens with zero attached hydrogens (tertiary/aromatic N) is 1.